The number of nitrogens with zero attached hydrogens (tertiary/aromatic N) is 1. The van der Waals surface area contributed by atoms with E-state index in [-0.39, 0.29) is 13.3 Å². The Hall–Kier alpha value is -1.12. The van der Waals surface area contributed by atoms with Gasteiger partial charge in [-0.05, 0) is 6.08 Å². The Balaban J connectivity index is 0.000000810. The summed E-state index contributed by atoms with van der Waals surface area (Å²) in [5, 5.41) is 0. The summed E-state index contributed by atoms with van der Waals surface area (Å²) in [6, 6.07) is 0. The van der Waals surface area contributed by atoms with Gasteiger partial charge < -0.3 is 5.73 Å². The average molecular weight is 126 g/mol. The molecule has 1 aliphatic rings. The standard InChI is InChI=1S/C6H8N2O.H2/c7-6(9)5-2-1-3-8-4-5;/h1-3,5H,4H2,(H2,7,9);1H. The first-order valence-electron chi connectivity index (χ1n) is 2.76. The summed E-state index contributed by atoms with van der Waals surface area (Å²) in [7, 11) is 0. The van der Waals surface area contributed by atoms with Crippen LogP contribution in [0.3, 0.4) is 0 Å². The zero-order valence-corrected chi connectivity index (χ0v) is 4.95. The minimum absolute atomic E-state index is 0. The maximum atomic E-state index is 10.5. The number of amides is 1. The van der Waals surface area contributed by atoms with Crippen molar-refractivity contribution < 1.29 is 6.22 Å². The highest BCUT2D eigenvalue weighted by molar-refractivity contribution is 5.82. The molecule has 1 atom stereocenters. The van der Waals surface area contributed by atoms with Crippen LogP contribution >= 0.6 is 0 Å². The largest absolute Gasteiger partial charge is 0.369 e. The zero-order valence-electron chi connectivity index (χ0n) is 4.95. The molecular weight excluding hydrogens is 116 g/mol. The van der Waals surface area contributed by atoms with Crippen LogP contribution in [-0.2, 0) is 4.79 Å². The highest BCUT2D eigenvalue weighted by Crippen LogP contribution is 2.01. The number of hydrogen-bond acceptors (Lipinski definition) is 2. The van der Waals surface area contributed by atoms with Crippen LogP contribution in [0.5, 0.6) is 0 Å². The second-order valence-corrected chi connectivity index (χ2v) is 1.91. The van der Waals surface area contributed by atoms with Crippen LogP contribution in [0.2, 0.25) is 0 Å². The number of rotatable bonds is 1. The molecule has 1 amide bonds. The number of carbonyl (C=O) groups excluding carboxylic acids is 1. The molecule has 0 radical (unpaired) electrons. The van der Waals surface area contributed by atoms with Crippen molar-refractivity contribution in [1.29, 1.82) is 0 Å². The average Bonchev–Trinajstić information content (AvgIpc) is 1.90. The summed E-state index contributed by atoms with van der Waals surface area (Å²) in [6.45, 7) is 0.506. The summed E-state index contributed by atoms with van der Waals surface area (Å²) in [4.78, 5) is 14.3. The van der Waals surface area contributed by atoms with Gasteiger partial charge >= 0.3 is 0 Å². The van der Waals surface area contributed by atoms with E-state index in [1.807, 2.05) is 0 Å². The second-order valence-electron chi connectivity index (χ2n) is 1.91. The van der Waals surface area contributed by atoms with Crippen LogP contribution in [0.1, 0.15) is 1.43 Å². The summed E-state index contributed by atoms with van der Waals surface area (Å²) in [6.07, 6.45) is 5.16. The number of hydrogen-bond donors (Lipinski definition) is 1. The van der Waals surface area contributed by atoms with Gasteiger partial charge in [-0.15, -0.1) is 0 Å². The van der Waals surface area contributed by atoms with E-state index in [0.29, 0.717) is 6.54 Å². The van der Waals surface area contributed by atoms with Gasteiger partial charge in [-0.25, -0.2) is 0 Å². The molecule has 1 rings (SSSR count). The first-order valence-corrected chi connectivity index (χ1v) is 2.76. The topological polar surface area (TPSA) is 55.5 Å². The van der Waals surface area contributed by atoms with E-state index >= 15 is 0 Å². The minimum atomic E-state index is -0.303. The molecule has 2 N–H and O–H groups in total. The molecular formula is C6H10N2O. The normalized spacial score (nSPS) is 24.2. The molecule has 0 saturated heterocycles. The van der Waals surface area contributed by atoms with Crippen molar-refractivity contribution in [3.8, 4) is 0 Å². The van der Waals surface area contributed by atoms with E-state index in [9.17, 15) is 4.79 Å². The lowest BCUT2D eigenvalue weighted by atomic mass is 10.1. The second kappa shape index (κ2) is 2.44. The lowest BCUT2D eigenvalue weighted by molar-refractivity contribution is -0.120. The molecule has 0 fully saturated rings. The first-order chi connectivity index (χ1) is 4.30. The Labute approximate surface area is 54.8 Å². The molecule has 3 nitrogen and oxygen atoms in total. The number of carbonyl (C=O) groups is 1. The van der Waals surface area contributed by atoms with Gasteiger partial charge in [-0.2, -0.15) is 0 Å². The molecule has 1 unspecified atom stereocenters. The quantitative estimate of drug-likeness (QED) is 0.527. The van der Waals surface area contributed by atoms with E-state index in [4.69, 9.17) is 5.73 Å². The van der Waals surface area contributed by atoms with Crippen LogP contribution in [0.4, 0.5) is 0 Å². The van der Waals surface area contributed by atoms with Gasteiger partial charge in [0.05, 0.1) is 12.5 Å². The van der Waals surface area contributed by atoms with Gasteiger partial charge in [-0.3, -0.25) is 9.79 Å². The maximum Gasteiger partial charge on any atom is 0.226 e. The van der Waals surface area contributed by atoms with Crippen LogP contribution in [0, 0.1) is 5.92 Å². The molecule has 0 spiro atoms. The lowest BCUT2D eigenvalue weighted by Crippen LogP contribution is -2.24. The Bertz CT molecular complexity index is 177. The zero-order chi connectivity index (χ0) is 6.69. The Kier molecular flexibility index (Phi) is 1.63. The summed E-state index contributed by atoms with van der Waals surface area (Å²) < 4.78 is 0. The predicted octanol–water partition coefficient (Wildman–Crippen LogP) is -0.0255. The monoisotopic (exact) mass is 126 g/mol. The van der Waals surface area contributed by atoms with Gasteiger partial charge in [0.1, 0.15) is 0 Å². The molecule has 50 valence electrons. The minimum Gasteiger partial charge on any atom is -0.369 e. The van der Waals surface area contributed by atoms with Crippen LogP contribution < -0.4 is 5.73 Å². The molecule has 0 aliphatic carbocycles. The van der Waals surface area contributed by atoms with Gasteiger partial charge in [0.15, 0.2) is 0 Å². The Morgan fingerprint density at radius 1 is 1.89 bits per heavy atom. The predicted molar refractivity (Wildman–Crippen MR) is 37.3 cm³/mol. The summed E-state index contributed by atoms with van der Waals surface area (Å²) >= 11 is 0. The summed E-state index contributed by atoms with van der Waals surface area (Å²) in [5.41, 5.74) is 5.00. The van der Waals surface area contributed by atoms with Gasteiger partial charge in [-0.1, -0.05) is 6.08 Å². The van der Waals surface area contributed by atoms with E-state index in [0.717, 1.165) is 0 Å². The molecule has 3 heteroatoms. The van der Waals surface area contributed by atoms with Crippen molar-refractivity contribution in [3.63, 3.8) is 0 Å². The first kappa shape index (κ1) is 6.01. The van der Waals surface area contributed by atoms with Crippen molar-refractivity contribution >= 4 is 12.1 Å². The van der Waals surface area contributed by atoms with Crippen LogP contribution in [0.25, 0.3) is 0 Å². The number of aliphatic imine (C=N–C) groups is 1. The Morgan fingerprint density at radius 3 is 3.00 bits per heavy atom. The molecule has 0 aromatic rings. The summed E-state index contributed by atoms with van der Waals surface area (Å²) in [5.74, 6) is -0.488. The SMILES string of the molecule is NC(=O)C1C=CC=NC1.[HH]. The molecule has 0 saturated carbocycles. The smallest absolute Gasteiger partial charge is 0.226 e. The van der Waals surface area contributed by atoms with E-state index in [1.54, 1.807) is 18.4 Å². The van der Waals surface area contributed by atoms with Gasteiger partial charge in [0.25, 0.3) is 0 Å². The number of nitrogens with two attached hydrogens (primary N) is 1. The molecule has 9 heavy (non-hydrogen) atoms. The van der Waals surface area contributed by atoms with E-state index in [2.05, 4.69) is 4.99 Å². The van der Waals surface area contributed by atoms with Crippen LogP contribution in [0.15, 0.2) is 17.1 Å². The fourth-order valence-corrected chi connectivity index (χ4v) is 0.665. The fourth-order valence-electron chi connectivity index (χ4n) is 0.665. The molecule has 0 aromatic carbocycles. The third kappa shape index (κ3) is 1.38. The van der Waals surface area contributed by atoms with Crippen molar-refractivity contribution in [2.45, 2.75) is 0 Å². The Morgan fingerprint density at radius 2 is 2.67 bits per heavy atom. The van der Waals surface area contributed by atoms with Crippen molar-refractivity contribution in [1.82, 2.24) is 0 Å². The third-order valence-electron chi connectivity index (χ3n) is 1.20. The van der Waals surface area contributed by atoms with Crippen molar-refractivity contribution in [2.75, 3.05) is 6.54 Å². The van der Waals surface area contributed by atoms with Crippen molar-refractivity contribution in [3.05, 3.63) is 12.2 Å². The lowest BCUT2D eigenvalue weighted by Gasteiger charge is -2.05. The highest BCUT2D eigenvalue weighted by atomic mass is 16.1. The number of allylic oxidation sites excluding steroid dienone is 1. The molecule has 1 heterocycles. The fraction of sp³-hybridized carbons (Fsp3) is 0.333. The van der Waals surface area contributed by atoms with Crippen molar-refractivity contribution in [2.24, 2.45) is 16.6 Å². The molecule has 1 aliphatic heterocycles. The molecule has 0 bridgehead atoms. The maximum absolute atomic E-state index is 10.5. The van der Waals surface area contributed by atoms with E-state index in [1.165, 1.54) is 0 Å². The van der Waals surface area contributed by atoms with Gasteiger partial charge in [0.2, 0.25) is 5.91 Å². The van der Waals surface area contributed by atoms with Crippen LogP contribution in [-0.4, -0.2) is 18.7 Å². The van der Waals surface area contributed by atoms with Gasteiger partial charge in [0, 0.05) is 7.64 Å². The molecule has 0 aromatic heterocycles. The highest BCUT2D eigenvalue weighted by Gasteiger charge is 2.10. The van der Waals surface area contributed by atoms with E-state index < -0.39 is 0 Å². The number of dihydropyridines is 1. The third-order valence-corrected chi connectivity index (χ3v) is 1.20. The number of primary amides is 1.